The van der Waals surface area contributed by atoms with Crippen LogP contribution in [0.1, 0.15) is 12.5 Å². The number of benzene rings is 1. The Bertz CT molecular complexity index is 789. The summed E-state index contributed by atoms with van der Waals surface area (Å²) < 4.78 is 5.35. The Kier molecular flexibility index (Phi) is 4.51. The van der Waals surface area contributed by atoms with Gasteiger partial charge in [0, 0.05) is 18.0 Å². The van der Waals surface area contributed by atoms with Gasteiger partial charge < -0.3 is 4.74 Å². The van der Waals surface area contributed by atoms with Gasteiger partial charge in [0.1, 0.15) is 12.3 Å². The molecule has 1 aromatic carbocycles. The maximum atomic E-state index is 12.1. The number of amides is 2. The maximum absolute atomic E-state index is 12.1. The van der Waals surface area contributed by atoms with E-state index in [1.54, 1.807) is 49.6 Å². The van der Waals surface area contributed by atoms with E-state index in [-0.39, 0.29) is 25.0 Å². The van der Waals surface area contributed by atoms with E-state index in [2.05, 4.69) is 15.5 Å². The molecule has 2 amide bonds. The standard InChI is InChI=1S/C17H16N4O3/c1-12(13-6-8-18-9-7-13)19-20-16(22)10-21-14-4-2-3-5-15(14)24-11-17(21)23/h2-9H,10-11H2,1H3,(H,20,22)/b19-12-. The van der Waals surface area contributed by atoms with Crippen LogP contribution in [0.2, 0.25) is 0 Å². The molecule has 0 radical (unpaired) electrons. The van der Waals surface area contributed by atoms with Gasteiger partial charge in [-0.25, -0.2) is 5.43 Å². The van der Waals surface area contributed by atoms with Crippen molar-refractivity contribution in [1.82, 2.24) is 10.4 Å². The number of rotatable bonds is 4. The molecule has 1 aromatic heterocycles. The maximum Gasteiger partial charge on any atom is 0.265 e. The Morgan fingerprint density at radius 2 is 2.04 bits per heavy atom. The molecular weight excluding hydrogens is 308 g/mol. The lowest BCUT2D eigenvalue weighted by molar-refractivity contribution is -0.125. The summed E-state index contributed by atoms with van der Waals surface area (Å²) in [5.41, 5.74) is 4.57. The molecular formula is C17H16N4O3. The quantitative estimate of drug-likeness (QED) is 0.679. The summed E-state index contributed by atoms with van der Waals surface area (Å²) in [6.07, 6.45) is 3.30. The number of carbonyl (C=O) groups excluding carboxylic acids is 2. The van der Waals surface area contributed by atoms with E-state index in [9.17, 15) is 9.59 Å². The van der Waals surface area contributed by atoms with Gasteiger partial charge in [-0.15, -0.1) is 0 Å². The number of hydrogen-bond acceptors (Lipinski definition) is 5. The van der Waals surface area contributed by atoms with Crippen LogP contribution in [0.3, 0.4) is 0 Å². The topological polar surface area (TPSA) is 83.9 Å². The summed E-state index contributed by atoms with van der Waals surface area (Å²) in [5, 5.41) is 4.06. The fraction of sp³-hybridized carbons (Fsp3) is 0.176. The van der Waals surface area contributed by atoms with Gasteiger partial charge in [-0.2, -0.15) is 5.10 Å². The van der Waals surface area contributed by atoms with Crippen molar-refractivity contribution in [3.05, 3.63) is 54.4 Å². The van der Waals surface area contributed by atoms with Gasteiger partial charge in [0.05, 0.1) is 11.4 Å². The number of ether oxygens (including phenoxy) is 1. The van der Waals surface area contributed by atoms with Crippen molar-refractivity contribution in [3.8, 4) is 5.75 Å². The molecule has 1 aliphatic rings. The predicted octanol–water partition coefficient (Wildman–Crippen LogP) is 1.35. The van der Waals surface area contributed by atoms with E-state index in [4.69, 9.17) is 4.74 Å². The third kappa shape index (κ3) is 3.40. The first-order valence-electron chi connectivity index (χ1n) is 7.41. The molecule has 24 heavy (non-hydrogen) atoms. The second-order valence-electron chi connectivity index (χ2n) is 5.20. The SMILES string of the molecule is C/C(=N/NC(=O)CN1C(=O)COc2ccccc21)c1ccncc1. The summed E-state index contributed by atoms with van der Waals surface area (Å²) in [6, 6.07) is 10.7. The average molecular weight is 324 g/mol. The van der Waals surface area contributed by atoms with Crippen LogP contribution >= 0.6 is 0 Å². The highest BCUT2D eigenvalue weighted by molar-refractivity contribution is 6.03. The molecule has 2 heterocycles. The molecule has 0 unspecified atom stereocenters. The van der Waals surface area contributed by atoms with Crippen LogP contribution in [-0.4, -0.2) is 35.7 Å². The summed E-state index contributed by atoms with van der Waals surface area (Å²) >= 11 is 0. The highest BCUT2D eigenvalue weighted by Crippen LogP contribution is 2.31. The molecule has 0 saturated carbocycles. The molecule has 0 aliphatic carbocycles. The van der Waals surface area contributed by atoms with E-state index in [0.717, 1.165) is 5.56 Å². The number of hydrogen-bond donors (Lipinski definition) is 1. The zero-order chi connectivity index (χ0) is 16.9. The number of hydrazone groups is 1. The first-order chi connectivity index (χ1) is 11.6. The fourth-order valence-electron chi connectivity index (χ4n) is 2.31. The summed E-state index contributed by atoms with van der Waals surface area (Å²) in [4.78, 5) is 29.5. The number of para-hydroxylation sites is 2. The molecule has 7 nitrogen and oxygen atoms in total. The number of nitrogens with one attached hydrogen (secondary N) is 1. The molecule has 7 heteroatoms. The first kappa shape index (κ1) is 15.7. The van der Waals surface area contributed by atoms with E-state index in [1.807, 2.05) is 6.07 Å². The Hall–Kier alpha value is -3.22. The third-order valence-corrected chi connectivity index (χ3v) is 3.56. The van der Waals surface area contributed by atoms with Crippen LogP contribution in [-0.2, 0) is 9.59 Å². The van der Waals surface area contributed by atoms with Gasteiger partial charge in [-0.1, -0.05) is 12.1 Å². The lowest BCUT2D eigenvalue weighted by atomic mass is 10.2. The van der Waals surface area contributed by atoms with Crippen LogP contribution in [0.15, 0.2) is 53.9 Å². The summed E-state index contributed by atoms with van der Waals surface area (Å²) in [7, 11) is 0. The smallest absolute Gasteiger partial charge is 0.265 e. The number of carbonyl (C=O) groups is 2. The van der Waals surface area contributed by atoms with Gasteiger partial charge in [-0.3, -0.25) is 19.5 Å². The molecule has 0 bridgehead atoms. The Morgan fingerprint density at radius 1 is 1.29 bits per heavy atom. The van der Waals surface area contributed by atoms with Crippen LogP contribution in [0, 0.1) is 0 Å². The minimum absolute atomic E-state index is 0.0798. The Balaban J connectivity index is 1.68. The van der Waals surface area contributed by atoms with Gasteiger partial charge in [-0.05, 0) is 31.2 Å². The van der Waals surface area contributed by atoms with Gasteiger partial charge >= 0.3 is 0 Å². The zero-order valence-electron chi connectivity index (χ0n) is 13.1. The normalized spacial score (nSPS) is 14.0. The van der Waals surface area contributed by atoms with E-state index < -0.39 is 0 Å². The zero-order valence-corrected chi connectivity index (χ0v) is 13.1. The Morgan fingerprint density at radius 3 is 2.83 bits per heavy atom. The van der Waals surface area contributed by atoms with Crippen molar-refractivity contribution in [2.75, 3.05) is 18.1 Å². The molecule has 0 saturated heterocycles. The highest BCUT2D eigenvalue weighted by Gasteiger charge is 2.26. The van der Waals surface area contributed by atoms with Crippen LogP contribution in [0.5, 0.6) is 5.75 Å². The van der Waals surface area contributed by atoms with E-state index >= 15 is 0 Å². The number of aromatic nitrogens is 1. The van der Waals surface area contributed by atoms with Crippen molar-refractivity contribution in [3.63, 3.8) is 0 Å². The molecule has 3 rings (SSSR count). The molecule has 2 aromatic rings. The van der Waals surface area contributed by atoms with Crippen LogP contribution in [0.25, 0.3) is 0 Å². The second kappa shape index (κ2) is 6.91. The minimum atomic E-state index is -0.381. The minimum Gasteiger partial charge on any atom is -0.482 e. The van der Waals surface area contributed by atoms with Crippen molar-refractivity contribution >= 4 is 23.2 Å². The average Bonchev–Trinajstić information content (AvgIpc) is 2.63. The molecule has 122 valence electrons. The summed E-state index contributed by atoms with van der Waals surface area (Å²) in [5.74, 6) is -0.0616. The van der Waals surface area contributed by atoms with Crippen molar-refractivity contribution < 1.29 is 14.3 Å². The number of fused-ring (bicyclic) bond motifs is 1. The molecule has 0 fully saturated rings. The molecule has 0 atom stereocenters. The lowest BCUT2D eigenvalue weighted by Gasteiger charge is -2.28. The van der Waals surface area contributed by atoms with Gasteiger partial charge in [0.2, 0.25) is 0 Å². The Labute approximate surface area is 139 Å². The van der Waals surface area contributed by atoms with Gasteiger partial charge in [0.15, 0.2) is 6.61 Å². The van der Waals surface area contributed by atoms with Gasteiger partial charge in [0.25, 0.3) is 11.8 Å². The number of nitrogens with zero attached hydrogens (tertiary/aromatic N) is 3. The summed E-state index contributed by atoms with van der Waals surface area (Å²) in [6.45, 7) is 1.58. The highest BCUT2D eigenvalue weighted by atomic mass is 16.5. The number of anilines is 1. The van der Waals surface area contributed by atoms with Crippen LogP contribution < -0.4 is 15.1 Å². The number of pyridine rings is 1. The first-order valence-corrected chi connectivity index (χ1v) is 7.41. The van der Waals surface area contributed by atoms with Crippen LogP contribution in [0.4, 0.5) is 5.69 Å². The van der Waals surface area contributed by atoms with Crippen molar-refractivity contribution in [2.45, 2.75) is 6.92 Å². The molecule has 0 spiro atoms. The monoisotopic (exact) mass is 324 g/mol. The second-order valence-corrected chi connectivity index (χ2v) is 5.20. The largest absolute Gasteiger partial charge is 0.482 e. The van der Waals surface area contributed by atoms with E-state index in [1.165, 1.54) is 4.90 Å². The predicted molar refractivity (Wildman–Crippen MR) is 88.9 cm³/mol. The fourth-order valence-corrected chi connectivity index (χ4v) is 2.31. The molecule has 1 aliphatic heterocycles. The van der Waals surface area contributed by atoms with E-state index in [0.29, 0.717) is 17.1 Å². The van der Waals surface area contributed by atoms with Crippen molar-refractivity contribution in [2.24, 2.45) is 5.10 Å². The van der Waals surface area contributed by atoms with Crippen molar-refractivity contribution in [1.29, 1.82) is 0 Å². The third-order valence-electron chi connectivity index (χ3n) is 3.56. The lowest BCUT2D eigenvalue weighted by Crippen LogP contribution is -2.44. The molecule has 1 N–H and O–H groups in total.